The average molecular weight is 233 g/mol. The van der Waals surface area contributed by atoms with Gasteiger partial charge in [0.05, 0.1) is 0 Å². The van der Waals surface area contributed by atoms with E-state index in [-0.39, 0.29) is 0 Å². The summed E-state index contributed by atoms with van der Waals surface area (Å²) in [7, 11) is 2.05. The summed E-state index contributed by atoms with van der Waals surface area (Å²) in [6.45, 7) is 7.96. The molecule has 0 aliphatic carbocycles. The highest BCUT2D eigenvalue weighted by Gasteiger charge is 2.15. The lowest BCUT2D eigenvalue weighted by Crippen LogP contribution is -2.20. The van der Waals surface area contributed by atoms with Crippen LogP contribution in [-0.4, -0.2) is 13.6 Å². The fourth-order valence-electron chi connectivity index (χ4n) is 2.71. The van der Waals surface area contributed by atoms with E-state index in [0.29, 0.717) is 5.92 Å². The van der Waals surface area contributed by atoms with E-state index in [4.69, 9.17) is 0 Å². The Bertz CT molecular complexity index is 319. The molecule has 0 aliphatic rings. The number of nitrogens with one attached hydrogen (secondary N) is 1. The van der Waals surface area contributed by atoms with Gasteiger partial charge in [-0.05, 0) is 43.4 Å². The van der Waals surface area contributed by atoms with Crippen LogP contribution >= 0.6 is 0 Å². The first-order chi connectivity index (χ1) is 8.19. The zero-order valence-electron chi connectivity index (χ0n) is 11.8. The van der Waals surface area contributed by atoms with Crippen LogP contribution in [0, 0.1) is 12.8 Å². The van der Waals surface area contributed by atoms with Crippen LogP contribution in [0.4, 0.5) is 0 Å². The molecule has 0 saturated heterocycles. The lowest BCUT2D eigenvalue weighted by molar-refractivity contribution is 0.426. The van der Waals surface area contributed by atoms with Gasteiger partial charge in [0.1, 0.15) is 0 Å². The predicted molar refractivity (Wildman–Crippen MR) is 76.5 cm³/mol. The molecule has 0 radical (unpaired) electrons. The van der Waals surface area contributed by atoms with Gasteiger partial charge in [-0.1, -0.05) is 51.0 Å². The molecule has 17 heavy (non-hydrogen) atoms. The Morgan fingerprint density at radius 2 is 1.94 bits per heavy atom. The molecule has 0 aliphatic heterocycles. The SMILES string of the molecule is CCCC(C)CC(CNC)c1ccccc1C. The molecule has 1 nitrogen and oxygen atoms in total. The van der Waals surface area contributed by atoms with Gasteiger partial charge in [-0.25, -0.2) is 0 Å². The van der Waals surface area contributed by atoms with E-state index in [1.807, 2.05) is 0 Å². The van der Waals surface area contributed by atoms with E-state index in [1.54, 1.807) is 0 Å². The van der Waals surface area contributed by atoms with Gasteiger partial charge in [0.2, 0.25) is 0 Å². The highest BCUT2D eigenvalue weighted by atomic mass is 14.8. The van der Waals surface area contributed by atoms with Gasteiger partial charge in [-0.2, -0.15) is 0 Å². The second kappa shape index (κ2) is 7.50. The number of hydrogen-bond donors (Lipinski definition) is 1. The van der Waals surface area contributed by atoms with Crippen molar-refractivity contribution in [1.29, 1.82) is 0 Å². The molecule has 0 spiro atoms. The predicted octanol–water partition coefficient (Wildman–Crippen LogP) is 4.12. The van der Waals surface area contributed by atoms with Crippen molar-refractivity contribution in [2.75, 3.05) is 13.6 Å². The normalized spacial score (nSPS) is 14.6. The van der Waals surface area contributed by atoms with Crippen LogP contribution in [0.1, 0.15) is 50.2 Å². The van der Waals surface area contributed by atoms with Gasteiger partial charge >= 0.3 is 0 Å². The van der Waals surface area contributed by atoms with E-state index in [1.165, 1.54) is 30.4 Å². The second-order valence-corrected chi connectivity index (χ2v) is 5.24. The molecule has 0 heterocycles. The van der Waals surface area contributed by atoms with Crippen molar-refractivity contribution in [2.24, 2.45) is 5.92 Å². The maximum atomic E-state index is 3.34. The Labute approximate surface area is 107 Å². The van der Waals surface area contributed by atoms with Crippen molar-refractivity contribution in [2.45, 2.75) is 46.0 Å². The molecule has 0 fully saturated rings. The fraction of sp³-hybridized carbons (Fsp3) is 0.625. The van der Waals surface area contributed by atoms with Crippen LogP contribution in [0.2, 0.25) is 0 Å². The Balaban J connectivity index is 2.75. The molecule has 96 valence electrons. The molecule has 1 rings (SSSR count). The molecule has 1 N–H and O–H groups in total. The van der Waals surface area contributed by atoms with Crippen molar-refractivity contribution < 1.29 is 0 Å². The standard InChI is InChI=1S/C16H27N/c1-5-8-13(2)11-15(12-17-4)16-10-7-6-9-14(16)3/h6-7,9-10,13,15,17H,5,8,11-12H2,1-4H3. The topological polar surface area (TPSA) is 12.0 Å². The Morgan fingerprint density at radius 3 is 2.53 bits per heavy atom. The van der Waals surface area contributed by atoms with Gasteiger partial charge in [-0.15, -0.1) is 0 Å². The summed E-state index contributed by atoms with van der Waals surface area (Å²) < 4.78 is 0. The zero-order valence-corrected chi connectivity index (χ0v) is 11.8. The minimum absolute atomic E-state index is 0.655. The number of aryl methyl sites for hydroxylation is 1. The summed E-state index contributed by atoms with van der Waals surface area (Å²) >= 11 is 0. The highest BCUT2D eigenvalue weighted by Crippen LogP contribution is 2.27. The molecular formula is C16H27N. The van der Waals surface area contributed by atoms with Crippen molar-refractivity contribution >= 4 is 0 Å². The summed E-state index contributed by atoms with van der Waals surface area (Å²) in [5.74, 6) is 1.47. The van der Waals surface area contributed by atoms with E-state index < -0.39 is 0 Å². The van der Waals surface area contributed by atoms with Gasteiger partial charge in [0.25, 0.3) is 0 Å². The van der Waals surface area contributed by atoms with Gasteiger partial charge in [0, 0.05) is 6.54 Å². The van der Waals surface area contributed by atoms with E-state index >= 15 is 0 Å². The molecule has 0 saturated carbocycles. The van der Waals surface area contributed by atoms with Crippen molar-refractivity contribution in [3.8, 4) is 0 Å². The van der Waals surface area contributed by atoms with Crippen LogP contribution in [0.15, 0.2) is 24.3 Å². The largest absolute Gasteiger partial charge is 0.319 e. The van der Waals surface area contributed by atoms with Crippen LogP contribution in [0.25, 0.3) is 0 Å². The monoisotopic (exact) mass is 233 g/mol. The van der Waals surface area contributed by atoms with Crippen LogP contribution in [0.5, 0.6) is 0 Å². The smallest absolute Gasteiger partial charge is 0.00173 e. The quantitative estimate of drug-likeness (QED) is 0.747. The third-order valence-electron chi connectivity index (χ3n) is 3.55. The molecule has 0 bridgehead atoms. The lowest BCUT2D eigenvalue weighted by atomic mass is 9.85. The minimum Gasteiger partial charge on any atom is -0.319 e. The lowest BCUT2D eigenvalue weighted by Gasteiger charge is -2.22. The maximum Gasteiger partial charge on any atom is 0.00173 e. The number of hydrogen-bond acceptors (Lipinski definition) is 1. The first-order valence-electron chi connectivity index (χ1n) is 6.89. The van der Waals surface area contributed by atoms with E-state index in [9.17, 15) is 0 Å². The van der Waals surface area contributed by atoms with E-state index in [0.717, 1.165) is 12.5 Å². The number of likely N-dealkylation sites (N-methyl/N-ethyl adjacent to an activating group) is 1. The maximum absolute atomic E-state index is 3.34. The first kappa shape index (κ1) is 14.2. The summed E-state index contributed by atoms with van der Waals surface area (Å²) in [5, 5.41) is 3.34. The third-order valence-corrected chi connectivity index (χ3v) is 3.55. The minimum atomic E-state index is 0.655. The molecule has 2 unspecified atom stereocenters. The van der Waals surface area contributed by atoms with Gasteiger partial charge < -0.3 is 5.32 Å². The van der Waals surface area contributed by atoms with E-state index in [2.05, 4.69) is 57.4 Å². The second-order valence-electron chi connectivity index (χ2n) is 5.24. The first-order valence-corrected chi connectivity index (χ1v) is 6.89. The van der Waals surface area contributed by atoms with Crippen LogP contribution < -0.4 is 5.32 Å². The molecular weight excluding hydrogens is 206 g/mol. The molecule has 2 atom stereocenters. The zero-order chi connectivity index (χ0) is 12.7. The van der Waals surface area contributed by atoms with Crippen LogP contribution in [-0.2, 0) is 0 Å². The average Bonchev–Trinajstić information content (AvgIpc) is 2.29. The fourth-order valence-corrected chi connectivity index (χ4v) is 2.71. The summed E-state index contributed by atoms with van der Waals surface area (Å²) in [6, 6.07) is 8.80. The van der Waals surface area contributed by atoms with Crippen LogP contribution in [0.3, 0.4) is 0 Å². The molecule has 1 heteroatoms. The van der Waals surface area contributed by atoms with Gasteiger partial charge in [0.15, 0.2) is 0 Å². The number of rotatable bonds is 7. The summed E-state index contributed by atoms with van der Waals surface area (Å²) in [6.07, 6.45) is 3.92. The number of benzene rings is 1. The molecule has 0 amide bonds. The third kappa shape index (κ3) is 4.51. The summed E-state index contributed by atoms with van der Waals surface area (Å²) in [5.41, 5.74) is 2.95. The Morgan fingerprint density at radius 1 is 1.24 bits per heavy atom. The highest BCUT2D eigenvalue weighted by molar-refractivity contribution is 5.29. The molecule has 1 aromatic carbocycles. The van der Waals surface area contributed by atoms with Gasteiger partial charge in [-0.3, -0.25) is 0 Å². The van der Waals surface area contributed by atoms with Crippen molar-refractivity contribution in [3.63, 3.8) is 0 Å². The Kier molecular flexibility index (Phi) is 6.28. The van der Waals surface area contributed by atoms with Crippen molar-refractivity contribution in [3.05, 3.63) is 35.4 Å². The molecule has 1 aromatic rings. The van der Waals surface area contributed by atoms with Crippen molar-refractivity contribution in [1.82, 2.24) is 5.32 Å². The molecule has 0 aromatic heterocycles. The Hall–Kier alpha value is -0.820. The summed E-state index contributed by atoms with van der Waals surface area (Å²) in [4.78, 5) is 0.